The zero-order valence-electron chi connectivity index (χ0n) is 16.0. The first-order chi connectivity index (χ1) is 11.9. The van der Waals surface area contributed by atoms with Crippen molar-refractivity contribution in [2.24, 2.45) is 0 Å². The van der Waals surface area contributed by atoms with E-state index < -0.39 is 28.2 Å². The van der Waals surface area contributed by atoms with Crippen molar-refractivity contribution in [1.82, 2.24) is 9.38 Å². The molecule has 0 aliphatic rings. The summed E-state index contributed by atoms with van der Waals surface area (Å²) >= 11 is -0.995. The summed E-state index contributed by atoms with van der Waals surface area (Å²) in [6.07, 6.45) is 10.6. The molecule has 0 saturated heterocycles. The van der Waals surface area contributed by atoms with Gasteiger partial charge in [0.15, 0.2) is 0 Å². The van der Waals surface area contributed by atoms with E-state index in [2.05, 4.69) is 35.5 Å². The molecule has 0 bridgehead atoms. The third-order valence-corrected chi connectivity index (χ3v) is 23.3. The Morgan fingerprint density at radius 3 is 2.00 bits per heavy atom. The summed E-state index contributed by atoms with van der Waals surface area (Å²) in [6, 6.07) is 0. The molecule has 0 aromatic carbocycles. The predicted octanol–water partition coefficient (Wildman–Crippen LogP) is 4.86. The van der Waals surface area contributed by atoms with Crippen LogP contribution in [0.3, 0.4) is 0 Å². The van der Waals surface area contributed by atoms with E-state index in [-0.39, 0.29) is 5.03 Å². The molecule has 0 spiro atoms. The summed E-state index contributed by atoms with van der Waals surface area (Å²) in [5.41, 5.74) is 0. The molecular weight excluding hydrogens is 459 g/mol. The van der Waals surface area contributed by atoms with E-state index >= 15 is 0 Å². The van der Waals surface area contributed by atoms with Crippen molar-refractivity contribution in [3.63, 3.8) is 0 Å². The van der Waals surface area contributed by atoms with E-state index in [1.54, 1.807) is 17.7 Å². The van der Waals surface area contributed by atoms with Crippen LogP contribution in [0.25, 0.3) is 4.83 Å². The Morgan fingerprint density at radius 1 is 1.04 bits per heavy atom. The summed E-state index contributed by atoms with van der Waals surface area (Å²) in [6.45, 7) is 6.83. The molecule has 2 aromatic heterocycles. The molecule has 142 valence electrons. The zero-order valence-corrected chi connectivity index (χ0v) is 20.5. The molecular formula is C18H32N2O2S2Sn. The molecule has 0 amide bonds. The van der Waals surface area contributed by atoms with Gasteiger partial charge in [-0.1, -0.05) is 0 Å². The van der Waals surface area contributed by atoms with Crippen LogP contribution < -0.4 is 3.71 Å². The number of unbranched alkanes of at least 4 members (excludes halogenated alkanes) is 3. The van der Waals surface area contributed by atoms with Crippen LogP contribution in [0.15, 0.2) is 16.7 Å². The second-order valence-corrected chi connectivity index (χ2v) is 23.0. The van der Waals surface area contributed by atoms with Crippen LogP contribution in [-0.4, -0.2) is 42.4 Å². The summed E-state index contributed by atoms with van der Waals surface area (Å²) in [5.74, 6) is 0. The van der Waals surface area contributed by atoms with E-state index in [9.17, 15) is 8.42 Å². The van der Waals surface area contributed by atoms with Gasteiger partial charge in [0.2, 0.25) is 0 Å². The summed E-state index contributed by atoms with van der Waals surface area (Å²) < 4.78 is 31.8. The van der Waals surface area contributed by atoms with Gasteiger partial charge in [0.05, 0.1) is 0 Å². The molecule has 0 atom stereocenters. The zero-order chi connectivity index (χ0) is 18.5. The molecule has 0 N–H and O–H groups in total. The van der Waals surface area contributed by atoms with E-state index in [0.29, 0.717) is 0 Å². The first-order valence-corrected chi connectivity index (χ1v) is 19.8. The number of nitrogens with zero attached hydrogens (tertiary/aromatic N) is 2. The molecule has 0 aliphatic carbocycles. The molecule has 2 rings (SSSR count). The molecule has 7 heteroatoms. The maximum atomic E-state index is 12.0. The molecule has 0 aliphatic heterocycles. The summed E-state index contributed by atoms with van der Waals surface area (Å²) in [5, 5.41) is 2.54. The fourth-order valence-corrected chi connectivity index (χ4v) is 23.9. The Labute approximate surface area is 160 Å². The van der Waals surface area contributed by atoms with Crippen molar-refractivity contribution in [3.8, 4) is 0 Å². The van der Waals surface area contributed by atoms with Crippen LogP contribution in [0.2, 0.25) is 13.3 Å². The topological polar surface area (TPSA) is 51.4 Å². The van der Waals surface area contributed by atoms with Gasteiger partial charge < -0.3 is 0 Å². The molecule has 0 radical (unpaired) electrons. The van der Waals surface area contributed by atoms with Crippen molar-refractivity contribution >= 4 is 48.1 Å². The Kier molecular flexibility index (Phi) is 7.82. The van der Waals surface area contributed by atoms with Crippen molar-refractivity contribution in [2.75, 3.05) is 6.26 Å². The SMILES string of the molecule is CCC[CH2][Sn]([CH2]CCC)([CH2]CCC)[c]1csc2c(S(C)(=O)=O)ncn12. The standard InChI is InChI=1S/C6H5N2O2S2.3C4H9.Sn/c1-12(9,10)5-6-8(4-7-5)2-3-11-6;3*1-3-4-2;/h3-4H,1H3;3*1,3-4H2,2H3;. The molecule has 2 heterocycles. The van der Waals surface area contributed by atoms with Gasteiger partial charge in [-0.25, -0.2) is 0 Å². The van der Waals surface area contributed by atoms with E-state index in [4.69, 9.17) is 0 Å². The van der Waals surface area contributed by atoms with Gasteiger partial charge in [0, 0.05) is 0 Å². The molecule has 0 unspecified atom stereocenters. The van der Waals surface area contributed by atoms with Crippen LogP contribution >= 0.6 is 11.3 Å². The maximum absolute atomic E-state index is 12.0. The normalized spacial score (nSPS) is 13.0. The number of hydrogen-bond acceptors (Lipinski definition) is 4. The molecule has 25 heavy (non-hydrogen) atoms. The van der Waals surface area contributed by atoms with Crippen LogP contribution in [0.5, 0.6) is 0 Å². The van der Waals surface area contributed by atoms with Crippen LogP contribution in [-0.2, 0) is 9.84 Å². The third kappa shape index (κ3) is 4.80. The quantitative estimate of drug-likeness (QED) is 0.423. The number of thiazole rings is 1. The Hall–Kier alpha value is -0.0813. The first kappa shape index (κ1) is 21.2. The van der Waals surface area contributed by atoms with Gasteiger partial charge in [-0.2, -0.15) is 0 Å². The summed E-state index contributed by atoms with van der Waals surface area (Å²) in [4.78, 5) is 5.08. The molecule has 2 aromatic rings. The van der Waals surface area contributed by atoms with Gasteiger partial charge in [-0.05, 0) is 0 Å². The van der Waals surface area contributed by atoms with E-state index in [0.717, 1.165) is 4.83 Å². The first-order valence-electron chi connectivity index (χ1n) is 9.54. The van der Waals surface area contributed by atoms with Gasteiger partial charge in [0.1, 0.15) is 0 Å². The number of rotatable bonds is 11. The van der Waals surface area contributed by atoms with Gasteiger partial charge in [-0.15, -0.1) is 0 Å². The van der Waals surface area contributed by atoms with E-state index in [1.165, 1.54) is 61.8 Å². The number of fused-ring (bicyclic) bond motifs is 1. The van der Waals surface area contributed by atoms with Crippen LogP contribution in [0.4, 0.5) is 0 Å². The van der Waals surface area contributed by atoms with Crippen LogP contribution in [0, 0.1) is 0 Å². The monoisotopic (exact) mass is 492 g/mol. The minimum atomic E-state index is -3.27. The Bertz CT molecular complexity index is 758. The predicted molar refractivity (Wildman–Crippen MR) is 111 cm³/mol. The van der Waals surface area contributed by atoms with Crippen molar-refractivity contribution < 1.29 is 8.42 Å². The fourth-order valence-electron chi connectivity index (χ4n) is 3.71. The number of sulfone groups is 1. The van der Waals surface area contributed by atoms with Crippen LogP contribution in [0.1, 0.15) is 59.3 Å². The van der Waals surface area contributed by atoms with Gasteiger partial charge >= 0.3 is 161 Å². The van der Waals surface area contributed by atoms with Crippen molar-refractivity contribution in [3.05, 3.63) is 11.7 Å². The average molecular weight is 491 g/mol. The number of hydrogen-bond donors (Lipinski definition) is 0. The van der Waals surface area contributed by atoms with Crippen molar-refractivity contribution in [1.29, 1.82) is 0 Å². The number of imidazole rings is 1. The van der Waals surface area contributed by atoms with Gasteiger partial charge in [0.25, 0.3) is 0 Å². The Morgan fingerprint density at radius 2 is 1.56 bits per heavy atom. The fraction of sp³-hybridized carbons (Fsp3) is 0.722. The second kappa shape index (κ2) is 9.22. The second-order valence-electron chi connectivity index (χ2n) is 7.21. The molecule has 0 fully saturated rings. The Balaban J connectivity index is 2.55. The number of aromatic nitrogens is 2. The average Bonchev–Trinajstić information content (AvgIpc) is 3.16. The summed E-state index contributed by atoms with van der Waals surface area (Å²) in [7, 11) is -3.27. The minimum absolute atomic E-state index is 0.255. The molecule has 4 nitrogen and oxygen atoms in total. The molecule has 0 saturated carbocycles. The third-order valence-electron chi connectivity index (χ3n) is 5.16. The van der Waals surface area contributed by atoms with Gasteiger partial charge in [-0.3, -0.25) is 0 Å². The van der Waals surface area contributed by atoms with E-state index in [1.807, 2.05) is 0 Å². The van der Waals surface area contributed by atoms with Crippen molar-refractivity contribution in [2.45, 2.75) is 77.6 Å².